The molecule has 2 nitrogen and oxygen atoms in total. The fourth-order valence-corrected chi connectivity index (χ4v) is 3.64. The van der Waals surface area contributed by atoms with Crippen LogP contribution in [0, 0.1) is 5.82 Å². The second kappa shape index (κ2) is 7.53. The summed E-state index contributed by atoms with van der Waals surface area (Å²) in [5, 5.41) is 3.60. The van der Waals surface area contributed by atoms with Crippen LogP contribution in [-0.4, -0.2) is 30.6 Å². The number of hydrogen-bond acceptors (Lipinski definition) is 2. The first-order valence-electron chi connectivity index (χ1n) is 7.54. The van der Waals surface area contributed by atoms with Gasteiger partial charge in [-0.15, -0.1) is 0 Å². The summed E-state index contributed by atoms with van der Waals surface area (Å²) in [5.74, 6) is -0.190. The number of benzene rings is 1. The Bertz CT molecular complexity index is 432. The van der Waals surface area contributed by atoms with Gasteiger partial charge in [0.05, 0.1) is 0 Å². The predicted molar refractivity (Wildman–Crippen MR) is 85.4 cm³/mol. The molecule has 2 unspecified atom stereocenters. The number of nitrogens with one attached hydrogen (secondary N) is 1. The number of nitrogens with zero attached hydrogens (tertiary/aromatic N) is 1. The molecule has 2 atom stereocenters. The van der Waals surface area contributed by atoms with E-state index in [9.17, 15) is 4.39 Å². The van der Waals surface area contributed by atoms with Gasteiger partial charge >= 0.3 is 0 Å². The Morgan fingerprint density at radius 2 is 2.25 bits per heavy atom. The highest BCUT2D eigenvalue weighted by molar-refractivity contribution is 9.10. The topological polar surface area (TPSA) is 15.3 Å². The zero-order valence-electron chi connectivity index (χ0n) is 12.3. The van der Waals surface area contributed by atoms with Gasteiger partial charge in [0.15, 0.2) is 0 Å². The molecule has 112 valence electrons. The fraction of sp³-hybridized carbons (Fsp3) is 0.625. The van der Waals surface area contributed by atoms with E-state index in [1.54, 1.807) is 12.1 Å². The highest BCUT2D eigenvalue weighted by atomic mass is 79.9. The van der Waals surface area contributed by atoms with Crippen LogP contribution in [0.3, 0.4) is 0 Å². The largest absolute Gasteiger partial charge is 0.313 e. The molecule has 4 heteroatoms. The summed E-state index contributed by atoms with van der Waals surface area (Å²) in [7, 11) is 0. The van der Waals surface area contributed by atoms with Gasteiger partial charge in [0.25, 0.3) is 0 Å². The summed E-state index contributed by atoms with van der Waals surface area (Å²) < 4.78 is 14.1. The Labute approximate surface area is 129 Å². The molecule has 0 aliphatic carbocycles. The Morgan fingerprint density at radius 3 is 2.85 bits per heavy atom. The van der Waals surface area contributed by atoms with E-state index >= 15 is 0 Å². The smallest absolute Gasteiger partial charge is 0.124 e. The number of piperidine rings is 1. The SMILES string of the molecule is CCN(CC1CCCCN1)C(C)c1ccc(F)cc1Br. The van der Waals surface area contributed by atoms with E-state index in [1.165, 1.54) is 19.3 Å². The third-order valence-corrected chi connectivity index (χ3v) is 4.92. The molecule has 0 bridgehead atoms. The third-order valence-electron chi connectivity index (χ3n) is 4.23. The first kappa shape index (κ1) is 15.9. The van der Waals surface area contributed by atoms with Crippen molar-refractivity contribution in [2.75, 3.05) is 19.6 Å². The van der Waals surface area contributed by atoms with Crippen LogP contribution >= 0.6 is 15.9 Å². The van der Waals surface area contributed by atoms with E-state index < -0.39 is 0 Å². The summed E-state index contributed by atoms with van der Waals surface area (Å²) in [6, 6.07) is 5.87. The molecule has 0 aromatic heterocycles. The Kier molecular flexibility index (Phi) is 6.00. The van der Waals surface area contributed by atoms with Gasteiger partial charge in [-0.1, -0.05) is 35.3 Å². The molecule has 20 heavy (non-hydrogen) atoms. The second-order valence-corrected chi connectivity index (χ2v) is 6.43. The van der Waals surface area contributed by atoms with Crippen molar-refractivity contribution in [2.45, 2.75) is 45.2 Å². The van der Waals surface area contributed by atoms with Gasteiger partial charge in [0, 0.05) is 23.1 Å². The lowest BCUT2D eigenvalue weighted by molar-refractivity contribution is 0.184. The van der Waals surface area contributed by atoms with Crippen LogP contribution < -0.4 is 5.32 Å². The fourth-order valence-electron chi connectivity index (χ4n) is 2.96. The van der Waals surface area contributed by atoms with Gasteiger partial charge in [-0.2, -0.15) is 0 Å². The molecular formula is C16H24BrFN2. The Morgan fingerprint density at radius 1 is 1.45 bits per heavy atom. The summed E-state index contributed by atoms with van der Waals surface area (Å²) in [5.41, 5.74) is 1.16. The zero-order chi connectivity index (χ0) is 14.5. The van der Waals surface area contributed by atoms with Crippen molar-refractivity contribution in [2.24, 2.45) is 0 Å². The van der Waals surface area contributed by atoms with Crippen LogP contribution in [0.2, 0.25) is 0 Å². The summed E-state index contributed by atoms with van der Waals surface area (Å²) in [6.07, 6.45) is 3.87. The van der Waals surface area contributed by atoms with E-state index in [4.69, 9.17) is 0 Å². The molecule has 0 amide bonds. The molecule has 1 fully saturated rings. The normalized spacial score (nSPS) is 21.1. The molecule has 1 N–H and O–H groups in total. The van der Waals surface area contributed by atoms with Crippen molar-refractivity contribution in [3.8, 4) is 0 Å². The molecule has 0 radical (unpaired) electrons. The molecule has 1 heterocycles. The van der Waals surface area contributed by atoms with Crippen LogP contribution in [0.4, 0.5) is 4.39 Å². The molecule has 0 saturated carbocycles. The van der Waals surface area contributed by atoms with Gasteiger partial charge in [-0.05, 0) is 50.6 Å². The second-order valence-electron chi connectivity index (χ2n) is 5.58. The molecule has 0 spiro atoms. The highest BCUT2D eigenvalue weighted by Crippen LogP contribution is 2.28. The summed E-state index contributed by atoms with van der Waals surface area (Å²) in [4.78, 5) is 2.46. The monoisotopic (exact) mass is 342 g/mol. The minimum absolute atomic E-state index is 0.190. The lowest BCUT2D eigenvalue weighted by Crippen LogP contribution is -2.44. The van der Waals surface area contributed by atoms with E-state index in [0.29, 0.717) is 12.1 Å². The van der Waals surface area contributed by atoms with Gasteiger partial charge in [0.1, 0.15) is 5.82 Å². The van der Waals surface area contributed by atoms with Crippen LogP contribution in [0.1, 0.15) is 44.7 Å². The molecule has 2 rings (SSSR count). The van der Waals surface area contributed by atoms with E-state index in [0.717, 1.165) is 29.7 Å². The van der Waals surface area contributed by atoms with Crippen LogP contribution in [0.5, 0.6) is 0 Å². The van der Waals surface area contributed by atoms with Gasteiger partial charge in [-0.3, -0.25) is 4.90 Å². The first-order chi connectivity index (χ1) is 9.61. The van der Waals surface area contributed by atoms with Gasteiger partial charge in [-0.25, -0.2) is 4.39 Å². The van der Waals surface area contributed by atoms with Crippen molar-refractivity contribution < 1.29 is 4.39 Å². The van der Waals surface area contributed by atoms with Crippen molar-refractivity contribution in [1.82, 2.24) is 10.2 Å². The van der Waals surface area contributed by atoms with E-state index in [2.05, 4.69) is 40.0 Å². The molecular weight excluding hydrogens is 319 g/mol. The summed E-state index contributed by atoms with van der Waals surface area (Å²) >= 11 is 3.49. The number of likely N-dealkylation sites (N-methyl/N-ethyl adjacent to an activating group) is 1. The van der Waals surface area contributed by atoms with E-state index in [1.807, 2.05) is 6.07 Å². The predicted octanol–water partition coefficient (Wildman–Crippen LogP) is 4.11. The Balaban J connectivity index is 2.05. The maximum atomic E-state index is 13.2. The number of halogens is 2. The zero-order valence-corrected chi connectivity index (χ0v) is 13.9. The summed E-state index contributed by atoms with van der Waals surface area (Å²) in [6.45, 7) is 7.59. The van der Waals surface area contributed by atoms with Gasteiger partial charge in [0.2, 0.25) is 0 Å². The van der Waals surface area contributed by atoms with Crippen molar-refractivity contribution in [1.29, 1.82) is 0 Å². The lowest BCUT2D eigenvalue weighted by atomic mass is 10.0. The maximum Gasteiger partial charge on any atom is 0.124 e. The van der Waals surface area contributed by atoms with Gasteiger partial charge < -0.3 is 5.32 Å². The maximum absolute atomic E-state index is 13.2. The van der Waals surface area contributed by atoms with Crippen molar-refractivity contribution in [3.63, 3.8) is 0 Å². The highest BCUT2D eigenvalue weighted by Gasteiger charge is 2.21. The molecule has 1 aliphatic rings. The van der Waals surface area contributed by atoms with Crippen LogP contribution in [-0.2, 0) is 0 Å². The first-order valence-corrected chi connectivity index (χ1v) is 8.33. The molecule has 1 saturated heterocycles. The number of rotatable bonds is 5. The van der Waals surface area contributed by atoms with Crippen LogP contribution in [0.15, 0.2) is 22.7 Å². The average molecular weight is 343 g/mol. The lowest BCUT2D eigenvalue weighted by Gasteiger charge is -2.34. The van der Waals surface area contributed by atoms with Crippen molar-refractivity contribution in [3.05, 3.63) is 34.1 Å². The standard InChI is InChI=1S/C16H24BrFN2/c1-3-20(11-14-6-4-5-9-19-14)12(2)15-8-7-13(18)10-16(15)17/h7-8,10,12,14,19H,3-6,9,11H2,1-2H3. The van der Waals surface area contributed by atoms with E-state index in [-0.39, 0.29) is 5.82 Å². The molecule has 1 aliphatic heterocycles. The Hall–Kier alpha value is -0.450. The third kappa shape index (κ3) is 4.03. The number of hydrogen-bond donors (Lipinski definition) is 1. The molecule has 1 aromatic carbocycles. The van der Waals surface area contributed by atoms with Crippen LogP contribution in [0.25, 0.3) is 0 Å². The minimum Gasteiger partial charge on any atom is -0.313 e. The quantitative estimate of drug-likeness (QED) is 0.865. The molecule has 1 aromatic rings. The minimum atomic E-state index is -0.190. The van der Waals surface area contributed by atoms with Crippen molar-refractivity contribution >= 4 is 15.9 Å². The average Bonchev–Trinajstić information content (AvgIpc) is 2.45.